The van der Waals surface area contributed by atoms with Gasteiger partial charge in [-0.3, -0.25) is 4.79 Å². The van der Waals surface area contributed by atoms with E-state index < -0.39 is 5.41 Å². The van der Waals surface area contributed by atoms with E-state index in [1.165, 1.54) is 0 Å². The fourth-order valence-electron chi connectivity index (χ4n) is 4.01. The van der Waals surface area contributed by atoms with E-state index in [0.717, 1.165) is 23.2 Å². The number of rotatable bonds is 2. The first kappa shape index (κ1) is 13.7. The van der Waals surface area contributed by atoms with Crippen molar-refractivity contribution in [2.24, 2.45) is 0 Å². The van der Waals surface area contributed by atoms with Crippen LogP contribution in [0.25, 0.3) is 0 Å². The number of nitrogens with zero attached hydrogens (tertiary/aromatic N) is 1. The van der Waals surface area contributed by atoms with Gasteiger partial charge in [0.25, 0.3) is 0 Å². The second kappa shape index (κ2) is 4.66. The van der Waals surface area contributed by atoms with Crippen LogP contribution in [-0.4, -0.2) is 25.9 Å². The second-order valence-corrected chi connectivity index (χ2v) is 6.37. The summed E-state index contributed by atoms with van der Waals surface area (Å²) in [6.07, 6.45) is 0.908. The highest BCUT2D eigenvalue weighted by Crippen LogP contribution is 2.54. The standard InChI is InChI=1S/C19H17NO4/c1-2-7-20-14-6-4-3-5-12(14)19(18(20)21)10-22-15-9-17-16(8-13(15)19)23-11-24-17/h3-6,8-9H,2,7,10-11H2,1H3. The molecule has 0 aromatic heterocycles. The Morgan fingerprint density at radius 3 is 2.67 bits per heavy atom. The highest BCUT2D eigenvalue weighted by Gasteiger charge is 2.57. The number of hydrogen-bond donors (Lipinski definition) is 0. The molecule has 5 rings (SSSR count). The van der Waals surface area contributed by atoms with Crippen molar-refractivity contribution in [1.82, 2.24) is 0 Å². The van der Waals surface area contributed by atoms with Gasteiger partial charge < -0.3 is 19.1 Å². The van der Waals surface area contributed by atoms with Crippen LogP contribution in [0.2, 0.25) is 0 Å². The fraction of sp³-hybridized carbons (Fsp3) is 0.316. The van der Waals surface area contributed by atoms with Gasteiger partial charge in [-0.15, -0.1) is 0 Å². The minimum absolute atomic E-state index is 0.0863. The zero-order valence-electron chi connectivity index (χ0n) is 13.4. The summed E-state index contributed by atoms with van der Waals surface area (Å²) in [5.41, 5.74) is 2.10. The zero-order chi connectivity index (χ0) is 16.3. The Bertz CT molecular complexity index is 862. The smallest absolute Gasteiger partial charge is 0.245 e. The van der Waals surface area contributed by atoms with Crippen molar-refractivity contribution in [1.29, 1.82) is 0 Å². The van der Waals surface area contributed by atoms with E-state index in [-0.39, 0.29) is 12.7 Å². The number of ether oxygens (including phenoxy) is 3. The van der Waals surface area contributed by atoms with Gasteiger partial charge in [-0.25, -0.2) is 0 Å². The van der Waals surface area contributed by atoms with Crippen LogP contribution in [0.1, 0.15) is 24.5 Å². The number of amides is 1. The topological polar surface area (TPSA) is 48.0 Å². The molecule has 24 heavy (non-hydrogen) atoms. The summed E-state index contributed by atoms with van der Waals surface area (Å²) in [7, 11) is 0. The van der Waals surface area contributed by atoms with Crippen molar-refractivity contribution in [3.05, 3.63) is 47.5 Å². The summed E-state index contributed by atoms with van der Waals surface area (Å²) in [6.45, 7) is 3.31. The molecule has 0 fully saturated rings. The van der Waals surface area contributed by atoms with Crippen LogP contribution in [-0.2, 0) is 10.2 Å². The van der Waals surface area contributed by atoms with Gasteiger partial charge in [0.1, 0.15) is 17.8 Å². The van der Waals surface area contributed by atoms with Crippen LogP contribution < -0.4 is 19.1 Å². The lowest BCUT2D eigenvalue weighted by Gasteiger charge is -2.22. The third-order valence-corrected chi connectivity index (χ3v) is 5.09. The third-order valence-electron chi connectivity index (χ3n) is 5.09. The molecule has 2 aromatic rings. The Morgan fingerprint density at radius 2 is 1.83 bits per heavy atom. The summed E-state index contributed by atoms with van der Waals surface area (Å²) >= 11 is 0. The van der Waals surface area contributed by atoms with E-state index in [0.29, 0.717) is 30.4 Å². The van der Waals surface area contributed by atoms with Crippen molar-refractivity contribution in [2.75, 3.05) is 24.8 Å². The molecular formula is C19H17NO4. The van der Waals surface area contributed by atoms with Crippen LogP contribution in [0.15, 0.2) is 36.4 Å². The molecule has 0 saturated carbocycles. The number of para-hydroxylation sites is 1. The van der Waals surface area contributed by atoms with Crippen molar-refractivity contribution < 1.29 is 19.0 Å². The molecule has 1 amide bonds. The number of carbonyl (C=O) groups excluding carboxylic acids is 1. The first-order chi connectivity index (χ1) is 11.8. The van der Waals surface area contributed by atoms with E-state index >= 15 is 0 Å². The van der Waals surface area contributed by atoms with Crippen molar-refractivity contribution in [2.45, 2.75) is 18.8 Å². The monoisotopic (exact) mass is 323 g/mol. The third kappa shape index (κ3) is 1.52. The van der Waals surface area contributed by atoms with Crippen LogP contribution in [0.5, 0.6) is 17.2 Å². The molecule has 1 unspecified atom stereocenters. The molecule has 5 heteroatoms. The van der Waals surface area contributed by atoms with Gasteiger partial charge >= 0.3 is 0 Å². The molecule has 0 radical (unpaired) electrons. The number of fused-ring (bicyclic) bond motifs is 5. The van der Waals surface area contributed by atoms with Crippen LogP contribution in [0.4, 0.5) is 5.69 Å². The lowest BCUT2D eigenvalue weighted by atomic mass is 9.77. The molecule has 3 heterocycles. The van der Waals surface area contributed by atoms with Crippen LogP contribution >= 0.6 is 0 Å². The van der Waals surface area contributed by atoms with Gasteiger partial charge in [0.2, 0.25) is 12.7 Å². The Morgan fingerprint density at radius 1 is 1.04 bits per heavy atom. The largest absolute Gasteiger partial charge is 0.491 e. The lowest BCUT2D eigenvalue weighted by molar-refractivity contribution is -0.122. The summed E-state index contributed by atoms with van der Waals surface area (Å²) in [6, 6.07) is 11.8. The molecule has 122 valence electrons. The van der Waals surface area contributed by atoms with Gasteiger partial charge in [0.05, 0.1) is 0 Å². The van der Waals surface area contributed by atoms with E-state index in [4.69, 9.17) is 14.2 Å². The Labute approximate surface area is 139 Å². The molecule has 1 atom stereocenters. The zero-order valence-corrected chi connectivity index (χ0v) is 13.4. The molecule has 0 bridgehead atoms. The maximum Gasteiger partial charge on any atom is 0.245 e. The van der Waals surface area contributed by atoms with Gasteiger partial charge in [-0.1, -0.05) is 25.1 Å². The molecule has 3 aliphatic heterocycles. The van der Waals surface area contributed by atoms with Gasteiger partial charge in [-0.05, 0) is 24.1 Å². The number of hydrogen-bond acceptors (Lipinski definition) is 4. The second-order valence-electron chi connectivity index (χ2n) is 6.37. The maximum absolute atomic E-state index is 13.4. The Kier molecular flexibility index (Phi) is 2.66. The van der Waals surface area contributed by atoms with Crippen molar-refractivity contribution in [3.8, 4) is 17.2 Å². The molecule has 5 nitrogen and oxygen atoms in total. The molecule has 0 aliphatic carbocycles. The maximum atomic E-state index is 13.4. The van der Waals surface area contributed by atoms with Crippen molar-refractivity contribution in [3.63, 3.8) is 0 Å². The number of benzene rings is 2. The summed E-state index contributed by atoms with van der Waals surface area (Å²) in [5, 5.41) is 0. The molecular weight excluding hydrogens is 306 g/mol. The highest BCUT2D eigenvalue weighted by molar-refractivity contribution is 6.11. The predicted molar refractivity (Wildman–Crippen MR) is 87.9 cm³/mol. The molecule has 0 saturated heterocycles. The van der Waals surface area contributed by atoms with Crippen LogP contribution in [0, 0.1) is 0 Å². The molecule has 2 aromatic carbocycles. The summed E-state index contributed by atoms with van der Waals surface area (Å²) < 4.78 is 16.9. The Hall–Kier alpha value is -2.69. The predicted octanol–water partition coefficient (Wildman–Crippen LogP) is 2.85. The summed E-state index contributed by atoms with van der Waals surface area (Å²) in [5.74, 6) is 2.15. The quantitative estimate of drug-likeness (QED) is 0.853. The van der Waals surface area contributed by atoms with Gasteiger partial charge in [0, 0.05) is 23.9 Å². The Balaban J connectivity index is 1.74. The fourth-order valence-corrected chi connectivity index (χ4v) is 4.01. The van der Waals surface area contributed by atoms with Crippen LogP contribution in [0.3, 0.4) is 0 Å². The molecule has 0 N–H and O–H groups in total. The summed E-state index contributed by atoms with van der Waals surface area (Å²) in [4.78, 5) is 15.3. The first-order valence-electron chi connectivity index (χ1n) is 8.24. The first-order valence-corrected chi connectivity index (χ1v) is 8.24. The SMILES string of the molecule is CCCN1C(=O)C2(COc3cc4c(cc32)OCO4)c2ccccc21. The average Bonchev–Trinajstić information content (AvgIpc) is 3.27. The minimum Gasteiger partial charge on any atom is -0.491 e. The average molecular weight is 323 g/mol. The molecule has 1 spiro atoms. The normalized spacial score (nSPS) is 22.7. The minimum atomic E-state index is -0.776. The van der Waals surface area contributed by atoms with E-state index in [1.54, 1.807) is 0 Å². The lowest BCUT2D eigenvalue weighted by Crippen LogP contribution is -2.42. The van der Waals surface area contributed by atoms with Gasteiger partial charge in [0.15, 0.2) is 11.5 Å². The van der Waals surface area contributed by atoms with Gasteiger partial charge in [-0.2, -0.15) is 0 Å². The van der Waals surface area contributed by atoms with E-state index in [1.807, 2.05) is 41.3 Å². The number of carbonyl (C=O) groups is 1. The highest BCUT2D eigenvalue weighted by atomic mass is 16.7. The van der Waals surface area contributed by atoms with E-state index in [2.05, 4.69) is 6.92 Å². The molecule has 3 aliphatic rings. The van der Waals surface area contributed by atoms with E-state index in [9.17, 15) is 4.79 Å². The number of anilines is 1. The van der Waals surface area contributed by atoms with Crippen molar-refractivity contribution >= 4 is 11.6 Å².